The van der Waals surface area contributed by atoms with Gasteiger partial charge in [-0.2, -0.15) is 0 Å². The highest BCUT2D eigenvalue weighted by Gasteiger charge is 2.27. The first-order valence-electron chi connectivity index (χ1n) is 9.59. The zero-order valence-electron chi connectivity index (χ0n) is 17.1. The standard InChI is InChI=1S/C21H24Cl2N4O3/c1-21(2,3)30-20(29)26-11-9-25(10-12-26)18-17(22)13-15(14-24-18)19(28)27(23)16-7-5-4-6-8-16/h4-8,13-14H,9-12H2,1-3H3. The van der Waals surface area contributed by atoms with Gasteiger partial charge in [-0.05, 0) is 39.0 Å². The summed E-state index contributed by atoms with van der Waals surface area (Å²) < 4.78 is 6.45. The normalized spacial score (nSPS) is 14.4. The van der Waals surface area contributed by atoms with E-state index in [1.165, 1.54) is 6.20 Å². The maximum Gasteiger partial charge on any atom is 0.410 e. The van der Waals surface area contributed by atoms with Gasteiger partial charge >= 0.3 is 6.09 Å². The number of hydrogen-bond acceptors (Lipinski definition) is 5. The van der Waals surface area contributed by atoms with E-state index in [2.05, 4.69) is 4.98 Å². The van der Waals surface area contributed by atoms with Gasteiger partial charge in [-0.3, -0.25) is 4.79 Å². The highest BCUT2D eigenvalue weighted by Crippen LogP contribution is 2.27. The third-order valence-electron chi connectivity index (χ3n) is 4.46. The summed E-state index contributed by atoms with van der Waals surface area (Å²) in [6.45, 7) is 7.64. The van der Waals surface area contributed by atoms with Crippen LogP contribution in [-0.4, -0.2) is 53.7 Å². The molecule has 0 unspecified atom stereocenters. The second kappa shape index (κ2) is 9.10. The number of nitrogens with zero attached hydrogens (tertiary/aromatic N) is 4. The van der Waals surface area contributed by atoms with Crippen LogP contribution < -0.4 is 9.32 Å². The van der Waals surface area contributed by atoms with Crippen molar-refractivity contribution < 1.29 is 14.3 Å². The van der Waals surface area contributed by atoms with Gasteiger partial charge in [-0.15, -0.1) is 0 Å². The summed E-state index contributed by atoms with van der Waals surface area (Å²) >= 11 is 12.6. The summed E-state index contributed by atoms with van der Waals surface area (Å²) in [5, 5.41) is 0.352. The van der Waals surface area contributed by atoms with Crippen molar-refractivity contribution in [3.63, 3.8) is 0 Å². The van der Waals surface area contributed by atoms with Gasteiger partial charge in [0, 0.05) is 44.2 Å². The summed E-state index contributed by atoms with van der Waals surface area (Å²) in [7, 11) is 0. The zero-order chi connectivity index (χ0) is 21.9. The van der Waals surface area contributed by atoms with Crippen molar-refractivity contribution in [3.8, 4) is 0 Å². The van der Waals surface area contributed by atoms with Crippen LogP contribution in [0.5, 0.6) is 0 Å². The highest BCUT2D eigenvalue weighted by atomic mass is 35.5. The topological polar surface area (TPSA) is 66.0 Å². The fourth-order valence-corrected chi connectivity index (χ4v) is 3.49. The SMILES string of the molecule is CC(C)(C)OC(=O)N1CCN(c2ncc(C(=O)N(Cl)c3ccccc3)cc2Cl)CC1. The van der Waals surface area contributed by atoms with Gasteiger partial charge < -0.3 is 14.5 Å². The van der Waals surface area contributed by atoms with Crippen molar-refractivity contribution in [1.82, 2.24) is 9.88 Å². The molecule has 0 bridgehead atoms. The molecule has 1 saturated heterocycles. The largest absolute Gasteiger partial charge is 0.444 e. The van der Waals surface area contributed by atoms with Crippen LogP contribution in [0.25, 0.3) is 0 Å². The number of hydrogen-bond donors (Lipinski definition) is 0. The molecular weight excluding hydrogens is 427 g/mol. The minimum atomic E-state index is -0.530. The minimum absolute atomic E-state index is 0.287. The molecule has 3 rings (SSSR count). The number of carbonyl (C=O) groups is 2. The number of amides is 2. The van der Waals surface area contributed by atoms with Gasteiger partial charge in [0.15, 0.2) is 0 Å². The quantitative estimate of drug-likeness (QED) is 0.639. The van der Waals surface area contributed by atoms with Gasteiger partial charge in [0.2, 0.25) is 0 Å². The summed E-state index contributed by atoms with van der Waals surface area (Å²) in [4.78, 5) is 32.9. The van der Waals surface area contributed by atoms with Crippen molar-refractivity contribution >= 4 is 46.9 Å². The van der Waals surface area contributed by atoms with Crippen LogP contribution in [0.2, 0.25) is 5.02 Å². The van der Waals surface area contributed by atoms with Crippen LogP contribution in [0, 0.1) is 0 Å². The van der Waals surface area contributed by atoms with Crippen LogP contribution >= 0.6 is 23.4 Å². The second-order valence-corrected chi connectivity index (χ2v) is 8.65. The molecule has 2 aromatic rings. The third kappa shape index (κ3) is 5.34. The Balaban J connectivity index is 1.65. The summed E-state index contributed by atoms with van der Waals surface area (Å²) in [5.74, 6) is 0.149. The molecule has 7 nitrogen and oxygen atoms in total. The molecule has 2 heterocycles. The van der Waals surface area contributed by atoms with E-state index in [-0.39, 0.29) is 11.7 Å². The van der Waals surface area contributed by atoms with Gasteiger partial charge in [0.1, 0.15) is 11.4 Å². The Hall–Kier alpha value is -2.51. The maximum absolute atomic E-state index is 12.6. The third-order valence-corrected chi connectivity index (χ3v) is 5.09. The molecule has 30 heavy (non-hydrogen) atoms. The average molecular weight is 451 g/mol. The molecule has 1 aliphatic rings. The molecule has 0 N–H and O–H groups in total. The first-order chi connectivity index (χ1) is 14.2. The molecule has 1 aromatic carbocycles. The van der Waals surface area contributed by atoms with E-state index in [1.807, 2.05) is 31.7 Å². The second-order valence-electron chi connectivity index (χ2n) is 7.91. The van der Waals surface area contributed by atoms with Gasteiger partial charge in [0.05, 0.1) is 16.3 Å². The number of piperazine rings is 1. The van der Waals surface area contributed by atoms with Crippen molar-refractivity contribution in [3.05, 3.63) is 53.2 Å². The minimum Gasteiger partial charge on any atom is -0.444 e. The lowest BCUT2D eigenvalue weighted by molar-refractivity contribution is 0.0240. The van der Waals surface area contributed by atoms with Crippen LogP contribution in [-0.2, 0) is 4.74 Å². The van der Waals surface area contributed by atoms with Crippen molar-refractivity contribution in [2.24, 2.45) is 0 Å². The molecule has 160 valence electrons. The molecule has 1 fully saturated rings. The van der Waals surface area contributed by atoms with E-state index in [9.17, 15) is 9.59 Å². The van der Waals surface area contributed by atoms with Gasteiger partial charge in [-0.1, -0.05) is 29.8 Å². The molecule has 0 spiro atoms. The summed E-state index contributed by atoms with van der Waals surface area (Å²) in [6, 6.07) is 10.5. The summed E-state index contributed by atoms with van der Waals surface area (Å²) in [6.07, 6.45) is 1.13. The number of rotatable bonds is 3. The Kier molecular flexibility index (Phi) is 6.73. The lowest BCUT2D eigenvalue weighted by Crippen LogP contribution is -2.50. The van der Waals surface area contributed by atoms with Crippen molar-refractivity contribution in [1.29, 1.82) is 0 Å². The van der Waals surface area contributed by atoms with E-state index < -0.39 is 11.5 Å². The van der Waals surface area contributed by atoms with Crippen molar-refractivity contribution in [2.45, 2.75) is 26.4 Å². The lowest BCUT2D eigenvalue weighted by Gasteiger charge is -2.36. The predicted molar refractivity (Wildman–Crippen MR) is 118 cm³/mol. The number of anilines is 2. The van der Waals surface area contributed by atoms with E-state index in [4.69, 9.17) is 28.1 Å². The smallest absolute Gasteiger partial charge is 0.410 e. The van der Waals surface area contributed by atoms with E-state index in [1.54, 1.807) is 35.2 Å². The first-order valence-corrected chi connectivity index (χ1v) is 10.3. The molecule has 2 amide bonds. The Morgan fingerprint density at radius 3 is 2.30 bits per heavy atom. The molecule has 0 aliphatic carbocycles. The number of halogens is 2. The molecular formula is C21H24Cl2N4O3. The van der Waals surface area contributed by atoms with Gasteiger partial charge in [0.25, 0.3) is 5.91 Å². The Labute approximate surface area is 186 Å². The van der Waals surface area contributed by atoms with Crippen LogP contribution in [0.4, 0.5) is 16.3 Å². The zero-order valence-corrected chi connectivity index (χ0v) is 18.7. The number of carbonyl (C=O) groups excluding carboxylic acids is 2. The van der Waals surface area contributed by atoms with Gasteiger partial charge in [-0.25, -0.2) is 14.2 Å². The molecule has 1 aromatic heterocycles. The monoisotopic (exact) mass is 450 g/mol. The Morgan fingerprint density at radius 1 is 1.10 bits per heavy atom. The van der Waals surface area contributed by atoms with Crippen LogP contribution in [0.3, 0.4) is 0 Å². The predicted octanol–water partition coefficient (Wildman–Crippen LogP) is 4.59. The Morgan fingerprint density at radius 2 is 1.73 bits per heavy atom. The number of aromatic nitrogens is 1. The number of para-hydroxylation sites is 1. The average Bonchev–Trinajstić information content (AvgIpc) is 2.72. The van der Waals surface area contributed by atoms with Crippen LogP contribution in [0.15, 0.2) is 42.6 Å². The van der Waals surface area contributed by atoms with Crippen LogP contribution in [0.1, 0.15) is 31.1 Å². The summed E-state index contributed by atoms with van der Waals surface area (Å²) in [5.41, 5.74) is 0.315. The van der Waals surface area contributed by atoms with E-state index in [0.29, 0.717) is 42.7 Å². The van der Waals surface area contributed by atoms with Crippen molar-refractivity contribution in [2.75, 3.05) is 35.5 Å². The number of ether oxygens (including phenoxy) is 1. The maximum atomic E-state index is 12.6. The molecule has 0 saturated carbocycles. The molecule has 9 heteroatoms. The van der Waals surface area contributed by atoms with E-state index >= 15 is 0 Å². The van der Waals surface area contributed by atoms with E-state index in [0.717, 1.165) is 4.42 Å². The fourth-order valence-electron chi connectivity index (χ4n) is 3.00. The number of pyridine rings is 1. The lowest BCUT2D eigenvalue weighted by atomic mass is 10.2. The Bertz CT molecular complexity index is 910. The molecule has 0 radical (unpaired) electrons. The molecule has 0 atom stereocenters. The first kappa shape index (κ1) is 22.2. The highest BCUT2D eigenvalue weighted by molar-refractivity contribution is 6.39. The fraction of sp³-hybridized carbons (Fsp3) is 0.381. The molecule has 1 aliphatic heterocycles. The number of benzene rings is 1.